The maximum Gasteiger partial charge on any atom is 0.306 e. The van der Waals surface area contributed by atoms with E-state index >= 15 is 0 Å². The van der Waals surface area contributed by atoms with Gasteiger partial charge in [-0.3, -0.25) is 14.4 Å². The monoisotopic (exact) mass is 358 g/mol. The van der Waals surface area contributed by atoms with Gasteiger partial charge in [-0.15, -0.1) is 0 Å². The van der Waals surface area contributed by atoms with Gasteiger partial charge in [0.2, 0.25) is 0 Å². The Morgan fingerprint density at radius 1 is 0.800 bits per heavy atom. The quantitative estimate of drug-likeness (QED) is 0.462. The topological polar surface area (TPSA) is 88.1 Å². The summed E-state index contributed by atoms with van der Waals surface area (Å²) >= 11 is 0. The largest absolute Gasteiger partial charge is 0.456 e. The van der Waals surface area contributed by atoms with Crippen LogP contribution in [0.15, 0.2) is 0 Å². The van der Waals surface area contributed by atoms with Gasteiger partial charge < -0.3 is 18.9 Å². The molecule has 1 aliphatic heterocycles. The summed E-state index contributed by atoms with van der Waals surface area (Å²) in [6.45, 7) is 7.45. The zero-order chi connectivity index (χ0) is 18.8. The minimum absolute atomic E-state index is 0.0997. The van der Waals surface area contributed by atoms with Crippen molar-refractivity contribution in [1.82, 2.24) is 0 Å². The van der Waals surface area contributed by atoms with Gasteiger partial charge in [0.05, 0.1) is 12.7 Å². The molecular weight excluding hydrogens is 328 g/mol. The number of hydrogen-bond donors (Lipinski definition) is 0. The molecule has 0 aromatic carbocycles. The fraction of sp³-hybridized carbons (Fsp3) is 0.833. The molecule has 1 fully saturated rings. The van der Waals surface area contributed by atoms with Gasteiger partial charge in [-0.25, -0.2) is 0 Å². The fourth-order valence-electron chi connectivity index (χ4n) is 2.58. The Balaban J connectivity index is 2.91. The molecule has 1 saturated heterocycles. The lowest BCUT2D eigenvalue weighted by atomic mass is 10.00. The summed E-state index contributed by atoms with van der Waals surface area (Å²) in [6.07, 6.45) is -0.182. The number of hydrogen-bond acceptors (Lipinski definition) is 7. The summed E-state index contributed by atoms with van der Waals surface area (Å²) in [5.74, 6) is -1.18. The molecule has 0 unspecified atom stereocenters. The number of rotatable bonds is 9. The second kappa shape index (κ2) is 11.1. The Morgan fingerprint density at radius 2 is 1.24 bits per heavy atom. The Morgan fingerprint density at radius 3 is 1.72 bits per heavy atom. The van der Waals surface area contributed by atoms with Crippen LogP contribution in [0.1, 0.15) is 66.2 Å². The molecule has 0 aromatic heterocycles. The Hall–Kier alpha value is -1.63. The van der Waals surface area contributed by atoms with Gasteiger partial charge in [0, 0.05) is 19.3 Å². The van der Waals surface area contributed by atoms with Crippen LogP contribution in [0.4, 0.5) is 0 Å². The normalized spacial score (nSPS) is 25.9. The lowest BCUT2D eigenvalue weighted by Gasteiger charge is -2.39. The van der Waals surface area contributed by atoms with E-state index in [2.05, 4.69) is 0 Å². The Labute approximate surface area is 149 Å². The average Bonchev–Trinajstić information content (AvgIpc) is 2.54. The zero-order valence-electron chi connectivity index (χ0n) is 15.6. The molecule has 0 saturated carbocycles. The van der Waals surface area contributed by atoms with Crippen LogP contribution in [0.3, 0.4) is 0 Å². The first-order valence-electron chi connectivity index (χ1n) is 9.12. The van der Waals surface area contributed by atoms with Crippen LogP contribution >= 0.6 is 0 Å². The third kappa shape index (κ3) is 7.02. The van der Waals surface area contributed by atoms with E-state index in [-0.39, 0.29) is 37.8 Å². The molecule has 0 bridgehead atoms. The molecule has 0 N–H and O–H groups in total. The second-order valence-corrected chi connectivity index (χ2v) is 6.23. The first-order valence-corrected chi connectivity index (χ1v) is 9.12. The molecule has 7 nitrogen and oxygen atoms in total. The highest BCUT2D eigenvalue weighted by Crippen LogP contribution is 2.25. The number of esters is 3. The highest BCUT2D eigenvalue weighted by atomic mass is 16.6. The predicted octanol–water partition coefficient (Wildman–Crippen LogP) is 2.54. The van der Waals surface area contributed by atoms with Crippen LogP contribution in [0.2, 0.25) is 0 Å². The van der Waals surface area contributed by atoms with E-state index in [4.69, 9.17) is 18.9 Å². The molecule has 4 atom stereocenters. The average molecular weight is 358 g/mol. The molecule has 0 aliphatic carbocycles. The molecule has 1 rings (SSSR count). The molecule has 0 spiro atoms. The van der Waals surface area contributed by atoms with Gasteiger partial charge in [-0.05, 0) is 26.2 Å². The van der Waals surface area contributed by atoms with E-state index in [0.717, 1.165) is 0 Å². The number of carbonyl (C=O) groups is 3. The molecule has 25 heavy (non-hydrogen) atoms. The highest BCUT2D eigenvalue weighted by Gasteiger charge is 2.45. The Kier molecular flexibility index (Phi) is 9.49. The summed E-state index contributed by atoms with van der Waals surface area (Å²) in [4.78, 5) is 35.8. The van der Waals surface area contributed by atoms with Crippen molar-refractivity contribution in [3.05, 3.63) is 0 Å². The van der Waals surface area contributed by atoms with Crippen molar-refractivity contribution >= 4 is 17.9 Å². The van der Waals surface area contributed by atoms with Crippen molar-refractivity contribution in [2.45, 2.75) is 90.6 Å². The first kappa shape index (κ1) is 21.4. The Bertz CT molecular complexity index is 449. The van der Waals surface area contributed by atoms with E-state index in [1.54, 1.807) is 6.92 Å². The summed E-state index contributed by atoms with van der Waals surface area (Å²) in [5.41, 5.74) is 0. The maximum atomic E-state index is 12.0. The molecule has 0 aromatic rings. The van der Waals surface area contributed by atoms with Crippen molar-refractivity contribution < 1.29 is 33.3 Å². The molecule has 1 aliphatic rings. The van der Waals surface area contributed by atoms with Crippen LogP contribution in [0.5, 0.6) is 0 Å². The summed E-state index contributed by atoms with van der Waals surface area (Å²) in [5, 5.41) is 0. The van der Waals surface area contributed by atoms with Crippen molar-refractivity contribution in [1.29, 1.82) is 0 Å². The van der Waals surface area contributed by atoms with Crippen LogP contribution in [-0.4, -0.2) is 48.9 Å². The standard InChI is InChI=1S/C18H30O7/c1-5-8-14(19)23-13-11-22-12(4)17(24-15(20)9-6-2)18(13)25-16(21)10-7-3/h12-13,17-18H,5-11H2,1-4H3/t12-,13-,17+,18+/m0/s1. The fourth-order valence-corrected chi connectivity index (χ4v) is 2.58. The molecule has 1 heterocycles. The van der Waals surface area contributed by atoms with Crippen molar-refractivity contribution in [3.8, 4) is 0 Å². The molecule has 144 valence electrons. The number of ether oxygens (including phenoxy) is 4. The minimum Gasteiger partial charge on any atom is -0.456 e. The van der Waals surface area contributed by atoms with E-state index in [0.29, 0.717) is 19.3 Å². The molecule has 0 radical (unpaired) electrons. The molecular formula is C18H30O7. The van der Waals surface area contributed by atoms with Crippen molar-refractivity contribution in [2.24, 2.45) is 0 Å². The van der Waals surface area contributed by atoms with Gasteiger partial charge >= 0.3 is 17.9 Å². The van der Waals surface area contributed by atoms with Gasteiger partial charge in [-0.2, -0.15) is 0 Å². The van der Waals surface area contributed by atoms with Crippen LogP contribution in [-0.2, 0) is 33.3 Å². The third-order valence-electron chi connectivity index (χ3n) is 3.86. The summed E-state index contributed by atoms with van der Waals surface area (Å²) in [6, 6.07) is 0. The zero-order valence-corrected chi connectivity index (χ0v) is 15.6. The first-order chi connectivity index (χ1) is 11.9. The minimum atomic E-state index is -0.857. The summed E-state index contributed by atoms with van der Waals surface area (Å²) < 4.78 is 22.0. The maximum absolute atomic E-state index is 12.0. The molecule has 0 amide bonds. The van der Waals surface area contributed by atoms with Crippen LogP contribution in [0, 0.1) is 0 Å². The van der Waals surface area contributed by atoms with Crippen molar-refractivity contribution in [3.63, 3.8) is 0 Å². The van der Waals surface area contributed by atoms with Gasteiger partial charge in [0.25, 0.3) is 0 Å². The van der Waals surface area contributed by atoms with Gasteiger partial charge in [-0.1, -0.05) is 20.8 Å². The molecule has 7 heteroatoms. The van der Waals surface area contributed by atoms with E-state index < -0.39 is 30.4 Å². The lowest BCUT2D eigenvalue weighted by molar-refractivity contribution is -0.225. The van der Waals surface area contributed by atoms with Gasteiger partial charge in [0.1, 0.15) is 0 Å². The summed E-state index contributed by atoms with van der Waals surface area (Å²) in [7, 11) is 0. The van der Waals surface area contributed by atoms with Crippen LogP contribution in [0.25, 0.3) is 0 Å². The van der Waals surface area contributed by atoms with E-state index in [9.17, 15) is 14.4 Å². The number of carbonyl (C=O) groups excluding carboxylic acids is 3. The van der Waals surface area contributed by atoms with E-state index in [1.165, 1.54) is 0 Å². The van der Waals surface area contributed by atoms with Crippen LogP contribution < -0.4 is 0 Å². The SMILES string of the molecule is CCCC(=O)O[C@H]1[C@H](OC(=O)CCC)[C@@H](OC(=O)CCC)CO[C@H]1C. The van der Waals surface area contributed by atoms with Gasteiger partial charge in [0.15, 0.2) is 18.3 Å². The second-order valence-electron chi connectivity index (χ2n) is 6.23. The van der Waals surface area contributed by atoms with Crippen molar-refractivity contribution in [2.75, 3.05) is 6.61 Å². The smallest absolute Gasteiger partial charge is 0.306 e. The van der Waals surface area contributed by atoms with E-state index in [1.807, 2.05) is 20.8 Å². The third-order valence-corrected chi connectivity index (χ3v) is 3.86. The predicted molar refractivity (Wildman–Crippen MR) is 89.8 cm³/mol. The lowest BCUT2D eigenvalue weighted by Crippen LogP contribution is -2.56. The highest BCUT2D eigenvalue weighted by molar-refractivity contribution is 5.71.